The van der Waals surface area contributed by atoms with E-state index in [4.69, 9.17) is 9.47 Å². The third-order valence-corrected chi connectivity index (χ3v) is 3.74. The van der Waals surface area contributed by atoms with Crippen LogP contribution in [0.25, 0.3) is 0 Å². The molecule has 1 heterocycles. The summed E-state index contributed by atoms with van der Waals surface area (Å²) in [5.41, 5.74) is 0.0547. The molecule has 0 unspecified atom stereocenters. The highest BCUT2D eigenvalue weighted by Crippen LogP contribution is 2.16. The third kappa shape index (κ3) is 5.86. The average molecular weight is 401 g/mol. The molecular formula is C20H17F2N3O4. The summed E-state index contributed by atoms with van der Waals surface area (Å²) in [7, 11) is 0. The lowest BCUT2D eigenvalue weighted by atomic mass is 10.2. The number of hydrogen-bond donors (Lipinski definition) is 2. The molecule has 0 amide bonds. The molecule has 3 aromatic rings. The number of carboxylic acid groups (broad SMARTS) is 1. The molecule has 0 aliphatic rings. The Kier molecular flexibility index (Phi) is 6.51. The van der Waals surface area contributed by atoms with E-state index in [9.17, 15) is 18.7 Å². The van der Waals surface area contributed by atoms with E-state index in [0.717, 1.165) is 0 Å². The summed E-state index contributed by atoms with van der Waals surface area (Å²) >= 11 is 0. The second-order valence-corrected chi connectivity index (χ2v) is 5.83. The maximum absolute atomic E-state index is 13.1. The predicted octanol–water partition coefficient (Wildman–Crippen LogP) is 3.52. The van der Waals surface area contributed by atoms with Gasteiger partial charge >= 0.3 is 5.97 Å². The lowest BCUT2D eigenvalue weighted by molar-refractivity contribution is 0.0692. The minimum absolute atomic E-state index is 0.103. The number of nitrogens with one attached hydrogen (secondary N) is 1. The molecule has 2 aromatic carbocycles. The van der Waals surface area contributed by atoms with Crippen LogP contribution in [0.4, 0.5) is 14.7 Å². The van der Waals surface area contributed by atoms with Crippen molar-refractivity contribution < 1.29 is 28.2 Å². The molecule has 3 rings (SSSR count). The van der Waals surface area contributed by atoms with Gasteiger partial charge in [-0.1, -0.05) is 6.07 Å². The summed E-state index contributed by atoms with van der Waals surface area (Å²) in [4.78, 5) is 19.5. The first-order valence-corrected chi connectivity index (χ1v) is 8.61. The van der Waals surface area contributed by atoms with Gasteiger partial charge in [0.25, 0.3) is 0 Å². The smallest absolute Gasteiger partial charge is 0.339 e. The number of hydrogen-bond acceptors (Lipinski definition) is 6. The SMILES string of the molecule is O=C(O)c1cnc(NCCOc2cccc(F)c2)nc1COc1ccc(F)cc1. The molecule has 7 nitrogen and oxygen atoms in total. The van der Waals surface area contributed by atoms with Crippen LogP contribution in [0.15, 0.2) is 54.7 Å². The minimum Gasteiger partial charge on any atom is -0.492 e. The molecule has 0 atom stereocenters. The number of benzene rings is 2. The zero-order valence-electron chi connectivity index (χ0n) is 15.1. The Morgan fingerprint density at radius 3 is 2.55 bits per heavy atom. The number of anilines is 1. The zero-order chi connectivity index (χ0) is 20.6. The molecule has 0 bridgehead atoms. The van der Waals surface area contributed by atoms with Gasteiger partial charge in [0, 0.05) is 12.3 Å². The number of nitrogens with zero attached hydrogens (tertiary/aromatic N) is 2. The van der Waals surface area contributed by atoms with Crippen LogP contribution in [0.2, 0.25) is 0 Å². The van der Waals surface area contributed by atoms with Gasteiger partial charge in [-0.15, -0.1) is 0 Å². The molecule has 0 radical (unpaired) electrons. The fourth-order valence-electron chi connectivity index (χ4n) is 2.36. The Balaban J connectivity index is 1.59. The summed E-state index contributed by atoms with van der Waals surface area (Å²) < 4.78 is 37.0. The van der Waals surface area contributed by atoms with E-state index in [1.165, 1.54) is 42.6 Å². The summed E-state index contributed by atoms with van der Waals surface area (Å²) in [6.45, 7) is 0.389. The predicted molar refractivity (Wildman–Crippen MR) is 100 cm³/mol. The first-order valence-electron chi connectivity index (χ1n) is 8.61. The number of ether oxygens (including phenoxy) is 2. The molecule has 0 saturated carbocycles. The summed E-state index contributed by atoms with van der Waals surface area (Å²) in [6.07, 6.45) is 1.18. The largest absolute Gasteiger partial charge is 0.492 e. The van der Waals surface area contributed by atoms with Crippen molar-refractivity contribution in [3.8, 4) is 11.5 Å². The Morgan fingerprint density at radius 2 is 1.83 bits per heavy atom. The van der Waals surface area contributed by atoms with Crippen LogP contribution < -0.4 is 14.8 Å². The normalized spacial score (nSPS) is 10.4. The number of halogens is 2. The Labute approximate surface area is 165 Å². The van der Waals surface area contributed by atoms with Gasteiger partial charge in [-0.05, 0) is 36.4 Å². The van der Waals surface area contributed by atoms with Crippen LogP contribution >= 0.6 is 0 Å². The van der Waals surface area contributed by atoms with Crippen molar-refractivity contribution in [2.45, 2.75) is 6.61 Å². The minimum atomic E-state index is -1.19. The van der Waals surface area contributed by atoms with Crippen LogP contribution in [-0.2, 0) is 6.61 Å². The molecule has 0 spiro atoms. The molecule has 29 heavy (non-hydrogen) atoms. The van der Waals surface area contributed by atoms with Crippen molar-refractivity contribution in [1.29, 1.82) is 0 Å². The third-order valence-electron chi connectivity index (χ3n) is 3.74. The lowest BCUT2D eigenvalue weighted by Crippen LogP contribution is -2.16. The van der Waals surface area contributed by atoms with Crippen molar-refractivity contribution in [1.82, 2.24) is 9.97 Å². The topological polar surface area (TPSA) is 93.6 Å². The quantitative estimate of drug-likeness (QED) is 0.530. The van der Waals surface area contributed by atoms with E-state index in [1.54, 1.807) is 12.1 Å². The van der Waals surface area contributed by atoms with Gasteiger partial charge in [-0.2, -0.15) is 0 Å². The molecule has 0 aliphatic carbocycles. The van der Waals surface area contributed by atoms with Crippen LogP contribution in [0, 0.1) is 11.6 Å². The van der Waals surface area contributed by atoms with Crippen LogP contribution in [0.1, 0.15) is 16.1 Å². The highest BCUT2D eigenvalue weighted by atomic mass is 19.1. The van der Waals surface area contributed by atoms with Gasteiger partial charge in [-0.3, -0.25) is 0 Å². The number of carbonyl (C=O) groups is 1. The maximum Gasteiger partial charge on any atom is 0.339 e. The average Bonchev–Trinajstić information content (AvgIpc) is 2.71. The monoisotopic (exact) mass is 401 g/mol. The Bertz CT molecular complexity index is 984. The molecule has 0 saturated heterocycles. The fraction of sp³-hybridized carbons (Fsp3) is 0.150. The highest BCUT2D eigenvalue weighted by Gasteiger charge is 2.14. The highest BCUT2D eigenvalue weighted by molar-refractivity contribution is 5.88. The second-order valence-electron chi connectivity index (χ2n) is 5.83. The molecule has 150 valence electrons. The van der Waals surface area contributed by atoms with E-state index < -0.39 is 17.6 Å². The van der Waals surface area contributed by atoms with Crippen LogP contribution in [-0.4, -0.2) is 34.2 Å². The van der Waals surface area contributed by atoms with Gasteiger partial charge in [0.15, 0.2) is 0 Å². The first-order chi connectivity index (χ1) is 14.0. The van der Waals surface area contributed by atoms with Gasteiger partial charge in [0.05, 0.1) is 12.2 Å². The second kappa shape index (κ2) is 9.45. The van der Waals surface area contributed by atoms with Crippen LogP contribution in [0.5, 0.6) is 11.5 Å². The Hall–Kier alpha value is -3.75. The number of aromatic nitrogens is 2. The zero-order valence-corrected chi connectivity index (χ0v) is 15.1. The van der Waals surface area contributed by atoms with E-state index in [1.807, 2.05) is 0 Å². The van der Waals surface area contributed by atoms with Crippen LogP contribution in [0.3, 0.4) is 0 Å². The number of rotatable bonds is 9. The van der Waals surface area contributed by atoms with Crippen molar-refractivity contribution in [3.63, 3.8) is 0 Å². The first kappa shape index (κ1) is 20.0. The van der Waals surface area contributed by atoms with Gasteiger partial charge < -0.3 is 19.9 Å². The standard InChI is InChI=1S/C20H17F2N3O4/c21-13-4-6-15(7-5-13)29-12-18-17(19(26)27)11-24-20(25-18)23-8-9-28-16-3-1-2-14(22)10-16/h1-7,10-11H,8-9,12H2,(H,26,27)(H,23,24,25). The van der Waals surface area contributed by atoms with Gasteiger partial charge in [0.2, 0.25) is 5.95 Å². The summed E-state index contributed by atoms with van der Waals surface area (Å²) in [5, 5.41) is 12.2. The number of aromatic carboxylic acids is 1. The van der Waals surface area contributed by atoms with Gasteiger partial charge in [-0.25, -0.2) is 23.5 Å². The van der Waals surface area contributed by atoms with E-state index >= 15 is 0 Å². The van der Waals surface area contributed by atoms with Gasteiger partial charge in [0.1, 0.15) is 41.9 Å². The van der Waals surface area contributed by atoms with Crippen molar-refractivity contribution >= 4 is 11.9 Å². The van der Waals surface area contributed by atoms with E-state index in [-0.39, 0.29) is 30.4 Å². The molecule has 2 N–H and O–H groups in total. The fourth-order valence-corrected chi connectivity index (χ4v) is 2.36. The Morgan fingerprint density at radius 1 is 1.03 bits per heavy atom. The van der Waals surface area contributed by atoms with Crippen molar-refractivity contribution in [2.75, 3.05) is 18.5 Å². The number of carboxylic acids is 1. The molecule has 0 fully saturated rings. The van der Waals surface area contributed by atoms with Crippen molar-refractivity contribution in [3.05, 3.63) is 77.6 Å². The molecule has 9 heteroatoms. The molecule has 1 aromatic heterocycles. The van der Waals surface area contributed by atoms with E-state index in [0.29, 0.717) is 18.0 Å². The van der Waals surface area contributed by atoms with Crippen molar-refractivity contribution in [2.24, 2.45) is 0 Å². The summed E-state index contributed by atoms with van der Waals surface area (Å²) in [6, 6.07) is 11.1. The molecular weight excluding hydrogens is 384 g/mol. The summed E-state index contributed by atoms with van der Waals surface area (Å²) in [5.74, 6) is -1.03. The van der Waals surface area contributed by atoms with E-state index in [2.05, 4.69) is 15.3 Å². The molecule has 0 aliphatic heterocycles. The lowest BCUT2D eigenvalue weighted by Gasteiger charge is -2.11. The maximum atomic E-state index is 13.1.